The van der Waals surface area contributed by atoms with Gasteiger partial charge < -0.3 is 9.64 Å². The first-order chi connectivity index (χ1) is 7.24. The second kappa shape index (κ2) is 4.42. The fourth-order valence-electron chi connectivity index (χ4n) is 1.94. The van der Waals surface area contributed by atoms with Gasteiger partial charge in [0, 0.05) is 31.8 Å². The van der Waals surface area contributed by atoms with E-state index in [9.17, 15) is 0 Å². The van der Waals surface area contributed by atoms with Gasteiger partial charge in [0.05, 0.1) is 6.10 Å². The molecule has 0 bridgehead atoms. The highest BCUT2D eigenvalue weighted by Gasteiger charge is 2.27. The molecule has 1 heterocycles. The Morgan fingerprint density at radius 2 is 2.20 bits per heavy atom. The number of aryl methyl sites for hydroxylation is 1. The smallest absolute Gasteiger partial charge is 0.0920 e. The summed E-state index contributed by atoms with van der Waals surface area (Å²) in [5, 5.41) is 0. The molecule has 1 aromatic carbocycles. The average Bonchev–Trinajstić information content (AvgIpc) is 2.18. The van der Waals surface area contributed by atoms with E-state index in [1.54, 1.807) is 7.11 Å². The van der Waals surface area contributed by atoms with Crippen molar-refractivity contribution < 1.29 is 4.74 Å². The molecule has 0 unspecified atom stereocenters. The number of halogens is 1. The Labute approximate surface area is 95.8 Å². The van der Waals surface area contributed by atoms with Gasteiger partial charge in [-0.25, -0.2) is 0 Å². The summed E-state index contributed by atoms with van der Waals surface area (Å²) < 4.78 is 5.26. The van der Waals surface area contributed by atoms with Crippen molar-refractivity contribution in [3.05, 3.63) is 29.3 Å². The number of benzene rings is 1. The van der Waals surface area contributed by atoms with E-state index < -0.39 is 0 Å². The molecule has 0 amide bonds. The van der Waals surface area contributed by atoms with E-state index in [0.717, 1.165) is 13.1 Å². The predicted octanol–water partition coefficient (Wildman–Crippen LogP) is 2.57. The summed E-state index contributed by atoms with van der Waals surface area (Å²) >= 11 is 5.79. The molecule has 0 aliphatic carbocycles. The second-order valence-corrected chi connectivity index (χ2v) is 4.28. The number of anilines is 1. The molecule has 2 nitrogen and oxygen atoms in total. The lowest BCUT2D eigenvalue weighted by atomic mass is 10.1. The predicted molar refractivity (Wildman–Crippen MR) is 63.7 cm³/mol. The number of hydrogen-bond donors (Lipinski definition) is 0. The van der Waals surface area contributed by atoms with Crippen LogP contribution in [0.4, 0.5) is 5.69 Å². The third-order valence-electron chi connectivity index (χ3n) is 2.94. The van der Waals surface area contributed by atoms with Crippen LogP contribution in [0.15, 0.2) is 18.2 Å². The Bertz CT molecular complexity index is 347. The van der Waals surface area contributed by atoms with Crippen LogP contribution in [-0.4, -0.2) is 26.3 Å². The van der Waals surface area contributed by atoms with Crippen LogP contribution in [0.1, 0.15) is 11.1 Å². The van der Waals surface area contributed by atoms with Gasteiger partial charge in [0.25, 0.3) is 0 Å². The van der Waals surface area contributed by atoms with Crippen LogP contribution in [0.25, 0.3) is 0 Å². The van der Waals surface area contributed by atoms with E-state index >= 15 is 0 Å². The van der Waals surface area contributed by atoms with Crippen LogP contribution in [0, 0.1) is 6.92 Å². The summed E-state index contributed by atoms with van der Waals surface area (Å²) in [6.07, 6.45) is 0.400. The zero-order valence-corrected chi connectivity index (χ0v) is 9.92. The number of ether oxygens (including phenoxy) is 1. The topological polar surface area (TPSA) is 12.5 Å². The number of nitrogens with zero attached hydrogens (tertiary/aromatic N) is 1. The molecule has 1 aromatic rings. The minimum absolute atomic E-state index is 0.400. The van der Waals surface area contributed by atoms with Gasteiger partial charge in [-0.1, -0.05) is 12.1 Å². The number of alkyl halides is 1. The van der Waals surface area contributed by atoms with Gasteiger partial charge in [-0.15, -0.1) is 11.6 Å². The Kier molecular flexibility index (Phi) is 3.17. The highest BCUT2D eigenvalue weighted by molar-refractivity contribution is 6.17. The Morgan fingerprint density at radius 3 is 2.73 bits per heavy atom. The van der Waals surface area contributed by atoms with Gasteiger partial charge in [-0.2, -0.15) is 0 Å². The summed E-state index contributed by atoms with van der Waals surface area (Å²) in [5.74, 6) is 0.585. The fourth-order valence-corrected chi connectivity index (χ4v) is 2.11. The molecule has 1 fully saturated rings. The minimum Gasteiger partial charge on any atom is -0.378 e. The molecular formula is C12H16ClNO. The van der Waals surface area contributed by atoms with Crippen molar-refractivity contribution in [3.8, 4) is 0 Å². The van der Waals surface area contributed by atoms with Crippen LogP contribution >= 0.6 is 11.6 Å². The van der Waals surface area contributed by atoms with Crippen molar-refractivity contribution >= 4 is 17.3 Å². The summed E-state index contributed by atoms with van der Waals surface area (Å²) in [6.45, 7) is 4.13. The minimum atomic E-state index is 0.400. The Morgan fingerprint density at radius 1 is 1.47 bits per heavy atom. The summed E-state index contributed by atoms with van der Waals surface area (Å²) in [5.41, 5.74) is 3.78. The molecule has 0 atom stereocenters. The summed E-state index contributed by atoms with van der Waals surface area (Å²) in [4.78, 5) is 2.33. The van der Waals surface area contributed by atoms with Crippen LogP contribution < -0.4 is 4.90 Å². The van der Waals surface area contributed by atoms with Gasteiger partial charge in [0.15, 0.2) is 0 Å². The molecule has 0 radical (unpaired) electrons. The monoisotopic (exact) mass is 225 g/mol. The van der Waals surface area contributed by atoms with E-state index in [0.29, 0.717) is 12.0 Å². The molecule has 15 heavy (non-hydrogen) atoms. The van der Waals surface area contributed by atoms with E-state index in [-0.39, 0.29) is 0 Å². The molecule has 0 aromatic heterocycles. The molecule has 1 aliphatic rings. The maximum atomic E-state index is 5.79. The van der Waals surface area contributed by atoms with Gasteiger partial charge in [-0.3, -0.25) is 0 Å². The third-order valence-corrected chi connectivity index (χ3v) is 3.25. The van der Waals surface area contributed by atoms with Crippen molar-refractivity contribution in [2.75, 3.05) is 25.1 Å². The molecule has 82 valence electrons. The SMILES string of the molecule is COC1CN(c2ccc(CCl)cc2C)C1. The normalized spacial score (nSPS) is 16.6. The standard InChI is InChI=1S/C12H16ClNO/c1-9-5-10(6-13)3-4-12(9)14-7-11(8-14)15-2/h3-5,11H,6-8H2,1-2H3. The van der Waals surface area contributed by atoms with Crippen LogP contribution in [0.2, 0.25) is 0 Å². The molecule has 0 spiro atoms. The van der Waals surface area contributed by atoms with E-state index in [1.807, 2.05) is 0 Å². The lowest BCUT2D eigenvalue weighted by Gasteiger charge is -2.40. The van der Waals surface area contributed by atoms with Crippen molar-refractivity contribution in [2.24, 2.45) is 0 Å². The van der Waals surface area contributed by atoms with Crippen molar-refractivity contribution in [3.63, 3.8) is 0 Å². The number of methoxy groups -OCH3 is 1. The molecule has 0 saturated carbocycles. The van der Waals surface area contributed by atoms with E-state index in [4.69, 9.17) is 16.3 Å². The molecular weight excluding hydrogens is 210 g/mol. The molecule has 0 N–H and O–H groups in total. The van der Waals surface area contributed by atoms with Gasteiger partial charge in [-0.05, 0) is 24.1 Å². The maximum absolute atomic E-state index is 5.79. The summed E-state index contributed by atoms with van der Waals surface area (Å²) in [7, 11) is 1.77. The zero-order chi connectivity index (χ0) is 10.8. The highest BCUT2D eigenvalue weighted by Crippen LogP contribution is 2.26. The first-order valence-electron chi connectivity index (χ1n) is 5.18. The quantitative estimate of drug-likeness (QED) is 0.734. The number of hydrogen-bond acceptors (Lipinski definition) is 2. The average molecular weight is 226 g/mol. The van der Waals surface area contributed by atoms with Crippen molar-refractivity contribution in [2.45, 2.75) is 18.9 Å². The van der Waals surface area contributed by atoms with Crippen LogP contribution in [0.3, 0.4) is 0 Å². The van der Waals surface area contributed by atoms with Gasteiger partial charge >= 0.3 is 0 Å². The Hall–Kier alpha value is -0.730. The third kappa shape index (κ3) is 2.11. The highest BCUT2D eigenvalue weighted by atomic mass is 35.5. The zero-order valence-electron chi connectivity index (χ0n) is 9.16. The lowest BCUT2D eigenvalue weighted by molar-refractivity contribution is 0.0787. The first kappa shape index (κ1) is 10.8. The Balaban J connectivity index is 2.10. The number of rotatable bonds is 3. The van der Waals surface area contributed by atoms with Crippen LogP contribution in [-0.2, 0) is 10.6 Å². The molecule has 3 heteroatoms. The molecule has 1 aliphatic heterocycles. The maximum Gasteiger partial charge on any atom is 0.0920 e. The molecule has 1 saturated heterocycles. The summed E-state index contributed by atoms with van der Waals surface area (Å²) in [6, 6.07) is 6.40. The molecule has 2 rings (SSSR count). The van der Waals surface area contributed by atoms with E-state index in [2.05, 4.69) is 30.0 Å². The second-order valence-electron chi connectivity index (χ2n) is 4.02. The van der Waals surface area contributed by atoms with Crippen molar-refractivity contribution in [1.82, 2.24) is 0 Å². The lowest BCUT2D eigenvalue weighted by Crippen LogP contribution is -2.52. The van der Waals surface area contributed by atoms with Gasteiger partial charge in [0.2, 0.25) is 0 Å². The van der Waals surface area contributed by atoms with Crippen LogP contribution in [0.5, 0.6) is 0 Å². The largest absolute Gasteiger partial charge is 0.378 e. The van der Waals surface area contributed by atoms with E-state index in [1.165, 1.54) is 16.8 Å². The van der Waals surface area contributed by atoms with Crippen molar-refractivity contribution in [1.29, 1.82) is 0 Å². The fraction of sp³-hybridized carbons (Fsp3) is 0.500. The first-order valence-corrected chi connectivity index (χ1v) is 5.71. The van der Waals surface area contributed by atoms with Gasteiger partial charge in [0.1, 0.15) is 0 Å².